The Balaban J connectivity index is 1.73. The van der Waals surface area contributed by atoms with E-state index in [1.807, 2.05) is 24.3 Å². The van der Waals surface area contributed by atoms with Gasteiger partial charge in [0.25, 0.3) is 5.91 Å². The van der Waals surface area contributed by atoms with Crippen molar-refractivity contribution in [2.24, 2.45) is 5.84 Å². The highest BCUT2D eigenvalue weighted by Crippen LogP contribution is 2.21. The van der Waals surface area contributed by atoms with Gasteiger partial charge >= 0.3 is 0 Å². The van der Waals surface area contributed by atoms with Crippen LogP contribution < -0.4 is 11.3 Å². The fourth-order valence-corrected chi connectivity index (χ4v) is 2.22. The summed E-state index contributed by atoms with van der Waals surface area (Å²) in [5, 5.41) is 0.690. The molecule has 5 nitrogen and oxygen atoms in total. The first kappa shape index (κ1) is 14.3. The molecule has 0 spiro atoms. The Kier molecular flexibility index (Phi) is 5.15. The van der Waals surface area contributed by atoms with E-state index in [9.17, 15) is 4.79 Å². The van der Waals surface area contributed by atoms with Crippen LogP contribution in [0.25, 0.3) is 0 Å². The van der Waals surface area contributed by atoms with Crippen molar-refractivity contribution in [3.63, 3.8) is 0 Å². The summed E-state index contributed by atoms with van der Waals surface area (Å²) in [7, 11) is 0. The first-order valence-electron chi connectivity index (χ1n) is 6.17. The molecule has 1 aromatic rings. The van der Waals surface area contributed by atoms with Crippen LogP contribution in [0.3, 0.4) is 0 Å². The molecule has 0 aliphatic carbocycles. The molecule has 2 rings (SSSR count). The number of nitrogens with two attached hydrogens (primary N) is 1. The summed E-state index contributed by atoms with van der Waals surface area (Å²) >= 11 is 6.03. The number of carbonyl (C=O) groups is 1. The van der Waals surface area contributed by atoms with Crippen LogP contribution in [0, 0.1) is 0 Å². The molecule has 1 aliphatic heterocycles. The largest absolute Gasteiger partial charge is 0.374 e. The number of benzene rings is 1. The average Bonchev–Trinajstić information content (AvgIpc) is 2.89. The third-order valence-electron chi connectivity index (χ3n) is 3.06. The average molecular weight is 285 g/mol. The van der Waals surface area contributed by atoms with Gasteiger partial charge in [-0.1, -0.05) is 29.8 Å². The van der Waals surface area contributed by atoms with Gasteiger partial charge in [0.2, 0.25) is 0 Å². The van der Waals surface area contributed by atoms with Gasteiger partial charge in [-0.05, 0) is 24.5 Å². The van der Waals surface area contributed by atoms with E-state index in [1.165, 1.54) is 0 Å². The third kappa shape index (κ3) is 3.91. The zero-order chi connectivity index (χ0) is 13.7. The number of carbonyl (C=O) groups excluding carboxylic acids is 1. The molecule has 3 N–H and O–H groups in total. The monoisotopic (exact) mass is 284 g/mol. The van der Waals surface area contributed by atoms with Gasteiger partial charge in [-0.3, -0.25) is 10.2 Å². The van der Waals surface area contributed by atoms with Crippen LogP contribution in [-0.4, -0.2) is 24.7 Å². The van der Waals surface area contributed by atoms with Crippen LogP contribution in [-0.2, 0) is 20.9 Å². The highest BCUT2D eigenvalue weighted by molar-refractivity contribution is 6.31. The van der Waals surface area contributed by atoms with Gasteiger partial charge in [-0.25, -0.2) is 5.84 Å². The molecule has 1 aliphatic rings. The molecule has 1 aromatic carbocycles. The predicted octanol–water partition coefficient (Wildman–Crippen LogP) is 1.39. The molecule has 0 saturated carbocycles. The molecule has 19 heavy (non-hydrogen) atoms. The van der Waals surface area contributed by atoms with Crippen molar-refractivity contribution in [3.05, 3.63) is 34.9 Å². The highest BCUT2D eigenvalue weighted by Gasteiger charge is 2.30. The third-order valence-corrected chi connectivity index (χ3v) is 3.43. The summed E-state index contributed by atoms with van der Waals surface area (Å²) in [6, 6.07) is 7.54. The standard InChI is InChI=1S/C13H17ClN2O3/c14-11-4-2-1-3-9(11)7-18-8-10-5-6-12(19-10)13(17)16-15/h1-4,10,12H,5-8,15H2,(H,16,17). The molecule has 0 bridgehead atoms. The van der Waals surface area contributed by atoms with Crippen LogP contribution in [0.5, 0.6) is 0 Å². The van der Waals surface area contributed by atoms with Crippen LogP contribution >= 0.6 is 11.6 Å². The number of amides is 1. The quantitative estimate of drug-likeness (QED) is 0.487. The van der Waals surface area contributed by atoms with Crippen molar-refractivity contribution in [2.45, 2.75) is 31.7 Å². The maximum absolute atomic E-state index is 11.3. The van der Waals surface area contributed by atoms with Crippen LogP contribution in [0.2, 0.25) is 5.02 Å². The summed E-state index contributed by atoms with van der Waals surface area (Å²) < 4.78 is 11.1. The van der Waals surface area contributed by atoms with E-state index < -0.39 is 6.10 Å². The molecular weight excluding hydrogens is 268 g/mol. The second-order valence-electron chi connectivity index (χ2n) is 4.44. The van der Waals surface area contributed by atoms with Gasteiger partial charge in [-0.15, -0.1) is 0 Å². The number of rotatable bonds is 5. The maximum atomic E-state index is 11.3. The fraction of sp³-hybridized carbons (Fsp3) is 0.462. The number of hydrogen-bond acceptors (Lipinski definition) is 4. The van der Waals surface area contributed by atoms with Crippen molar-refractivity contribution >= 4 is 17.5 Å². The Labute approximate surface area is 117 Å². The first-order chi connectivity index (χ1) is 9.20. The molecule has 104 valence electrons. The van der Waals surface area contributed by atoms with Crippen LogP contribution in [0.15, 0.2) is 24.3 Å². The number of halogens is 1. The molecule has 1 saturated heterocycles. The van der Waals surface area contributed by atoms with E-state index >= 15 is 0 Å². The van der Waals surface area contributed by atoms with Crippen LogP contribution in [0.1, 0.15) is 18.4 Å². The lowest BCUT2D eigenvalue weighted by atomic mass is 10.2. The SMILES string of the molecule is NNC(=O)C1CCC(COCc2ccccc2Cl)O1. The van der Waals surface area contributed by atoms with Crippen molar-refractivity contribution < 1.29 is 14.3 Å². The topological polar surface area (TPSA) is 73.6 Å². The molecule has 0 aromatic heterocycles. The fourth-order valence-electron chi connectivity index (χ4n) is 2.03. The first-order valence-corrected chi connectivity index (χ1v) is 6.55. The normalized spacial score (nSPS) is 22.4. The summed E-state index contributed by atoms with van der Waals surface area (Å²) in [5.41, 5.74) is 3.04. The molecule has 1 fully saturated rings. The Bertz CT molecular complexity index is 442. The molecule has 1 heterocycles. The lowest BCUT2D eigenvalue weighted by Gasteiger charge is -2.13. The minimum Gasteiger partial charge on any atom is -0.374 e. The zero-order valence-electron chi connectivity index (χ0n) is 10.5. The smallest absolute Gasteiger partial charge is 0.263 e. The number of hydrogen-bond donors (Lipinski definition) is 2. The summed E-state index contributed by atoms with van der Waals surface area (Å²) in [5.74, 6) is 4.78. The maximum Gasteiger partial charge on any atom is 0.263 e. The van der Waals surface area contributed by atoms with E-state index in [4.69, 9.17) is 26.9 Å². The molecule has 2 unspecified atom stereocenters. The van der Waals surface area contributed by atoms with Crippen molar-refractivity contribution in [1.29, 1.82) is 0 Å². The van der Waals surface area contributed by atoms with Gasteiger partial charge < -0.3 is 9.47 Å². The summed E-state index contributed by atoms with van der Waals surface area (Å²) in [6.07, 6.45) is 0.938. The van der Waals surface area contributed by atoms with E-state index in [2.05, 4.69) is 5.43 Å². The Morgan fingerprint density at radius 2 is 2.26 bits per heavy atom. The minimum atomic E-state index is -0.459. The highest BCUT2D eigenvalue weighted by atomic mass is 35.5. The number of nitrogens with one attached hydrogen (secondary N) is 1. The molecule has 6 heteroatoms. The van der Waals surface area contributed by atoms with E-state index in [0.717, 1.165) is 12.0 Å². The van der Waals surface area contributed by atoms with Gasteiger partial charge in [0, 0.05) is 5.02 Å². The van der Waals surface area contributed by atoms with Gasteiger partial charge in [-0.2, -0.15) is 0 Å². The number of ether oxygens (including phenoxy) is 2. The lowest BCUT2D eigenvalue weighted by molar-refractivity contribution is -0.133. The van der Waals surface area contributed by atoms with Crippen molar-refractivity contribution in [3.8, 4) is 0 Å². The molecular formula is C13H17ClN2O3. The second kappa shape index (κ2) is 6.86. The van der Waals surface area contributed by atoms with Crippen molar-refractivity contribution in [2.75, 3.05) is 6.61 Å². The van der Waals surface area contributed by atoms with Gasteiger partial charge in [0.1, 0.15) is 6.10 Å². The second-order valence-corrected chi connectivity index (χ2v) is 4.85. The zero-order valence-corrected chi connectivity index (χ0v) is 11.2. The lowest BCUT2D eigenvalue weighted by Crippen LogP contribution is -2.39. The van der Waals surface area contributed by atoms with Crippen molar-refractivity contribution in [1.82, 2.24) is 5.43 Å². The van der Waals surface area contributed by atoms with E-state index in [1.54, 1.807) is 0 Å². The van der Waals surface area contributed by atoms with Gasteiger partial charge in [0.15, 0.2) is 0 Å². The van der Waals surface area contributed by atoms with Crippen LogP contribution in [0.4, 0.5) is 0 Å². The van der Waals surface area contributed by atoms with E-state index in [0.29, 0.717) is 24.7 Å². The molecule has 2 atom stereocenters. The van der Waals surface area contributed by atoms with E-state index in [-0.39, 0.29) is 12.0 Å². The number of hydrazine groups is 1. The summed E-state index contributed by atoms with van der Waals surface area (Å²) in [6.45, 7) is 0.882. The summed E-state index contributed by atoms with van der Waals surface area (Å²) in [4.78, 5) is 11.3. The van der Waals surface area contributed by atoms with Gasteiger partial charge in [0.05, 0.1) is 19.3 Å². The predicted molar refractivity (Wildman–Crippen MR) is 71.3 cm³/mol. The molecule has 0 radical (unpaired) electrons. The molecule has 1 amide bonds. The Morgan fingerprint density at radius 3 is 3.00 bits per heavy atom. The Morgan fingerprint density at radius 1 is 1.47 bits per heavy atom. The Hall–Kier alpha value is -1.14. The minimum absolute atomic E-state index is 0.0650.